The van der Waals surface area contributed by atoms with Crippen LogP contribution in [0.5, 0.6) is 0 Å². The molecule has 4 aromatic rings. The number of fused-ring (bicyclic) bond motifs is 1. The fourth-order valence-electron chi connectivity index (χ4n) is 2.51. The highest BCUT2D eigenvalue weighted by Gasteiger charge is 2.14. The van der Waals surface area contributed by atoms with E-state index in [-0.39, 0.29) is 0 Å². The number of aromatic nitrogens is 5. The SMILES string of the molecule is Cn1/c(=N/NC(=O)c2cc(Cl)ccc2-n2cnnn2)sc2ccccc21. The zero-order valence-electron chi connectivity index (χ0n) is 13.5. The Morgan fingerprint density at radius 1 is 1.27 bits per heavy atom. The molecule has 26 heavy (non-hydrogen) atoms. The summed E-state index contributed by atoms with van der Waals surface area (Å²) in [4.78, 5) is 13.3. The smallest absolute Gasteiger partial charge is 0.273 e. The first-order valence-electron chi connectivity index (χ1n) is 7.55. The number of carbonyl (C=O) groups excluding carboxylic acids is 1. The van der Waals surface area contributed by atoms with Crippen LogP contribution in [0.25, 0.3) is 15.9 Å². The number of carbonyl (C=O) groups is 1. The summed E-state index contributed by atoms with van der Waals surface area (Å²) < 4.78 is 4.39. The summed E-state index contributed by atoms with van der Waals surface area (Å²) >= 11 is 7.53. The third kappa shape index (κ3) is 2.98. The van der Waals surface area contributed by atoms with Crippen molar-refractivity contribution in [2.24, 2.45) is 12.1 Å². The largest absolute Gasteiger partial charge is 0.318 e. The van der Waals surface area contributed by atoms with Crippen LogP contribution in [0, 0.1) is 0 Å². The lowest BCUT2D eigenvalue weighted by molar-refractivity contribution is 0.0953. The topological polar surface area (TPSA) is 90.0 Å². The number of nitrogens with one attached hydrogen (secondary N) is 1. The molecule has 0 aliphatic heterocycles. The molecule has 0 unspecified atom stereocenters. The number of hydrogen-bond donors (Lipinski definition) is 1. The number of aryl methyl sites for hydroxylation is 1. The highest BCUT2D eigenvalue weighted by Crippen LogP contribution is 2.19. The molecular weight excluding hydrogens is 374 g/mol. The molecule has 2 aromatic carbocycles. The van der Waals surface area contributed by atoms with Crippen LogP contribution in [-0.2, 0) is 7.05 Å². The molecule has 1 amide bonds. The van der Waals surface area contributed by atoms with Gasteiger partial charge in [-0.2, -0.15) is 4.68 Å². The van der Waals surface area contributed by atoms with Crippen molar-refractivity contribution in [2.45, 2.75) is 0 Å². The average Bonchev–Trinajstić information content (AvgIpc) is 3.28. The third-order valence-corrected chi connectivity index (χ3v) is 5.11. The summed E-state index contributed by atoms with van der Waals surface area (Å²) in [6.07, 6.45) is 1.41. The van der Waals surface area contributed by atoms with Gasteiger partial charge in [0, 0.05) is 12.1 Å². The van der Waals surface area contributed by atoms with E-state index in [1.165, 1.54) is 22.3 Å². The summed E-state index contributed by atoms with van der Waals surface area (Å²) in [5.41, 5.74) is 4.45. The van der Waals surface area contributed by atoms with Crippen LogP contribution in [-0.4, -0.2) is 30.7 Å². The van der Waals surface area contributed by atoms with Crippen LogP contribution >= 0.6 is 22.9 Å². The lowest BCUT2D eigenvalue weighted by Crippen LogP contribution is -2.24. The van der Waals surface area contributed by atoms with Gasteiger partial charge in [0.05, 0.1) is 21.5 Å². The predicted octanol–water partition coefficient (Wildman–Crippen LogP) is 2.11. The van der Waals surface area contributed by atoms with E-state index in [1.54, 1.807) is 18.2 Å². The van der Waals surface area contributed by atoms with Crippen molar-refractivity contribution < 1.29 is 4.79 Å². The number of amides is 1. The van der Waals surface area contributed by atoms with Gasteiger partial charge in [-0.25, -0.2) is 5.43 Å². The first-order valence-corrected chi connectivity index (χ1v) is 8.74. The first kappa shape index (κ1) is 16.4. The molecule has 0 aliphatic carbocycles. The van der Waals surface area contributed by atoms with Crippen molar-refractivity contribution in [1.82, 2.24) is 30.2 Å². The minimum absolute atomic E-state index is 0.317. The van der Waals surface area contributed by atoms with E-state index in [1.807, 2.05) is 35.9 Å². The number of para-hydroxylation sites is 1. The molecule has 10 heteroatoms. The fourth-order valence-corrected chi connectivity index (χ4v) is 3.66. The molecule has 1 N–H and O–H groups in total. The third-order valence-electron chi connectivity index (χ3n) is 3.77. The molecule has 0 bridgehead atoms. The molecule has 0 fully saturated rings. The Morgan fingerprint density at radius 2 is 2.12 bits per heavy atom. The highest BCUT2D eigenvalue weighted by molar-refractivity contribution is 7.16. The summed E-state index contributed by atoms with van der Waals surface area (Å²) in [5, 5.41) is 15.7. The maximum atomic E-state index is 12.7. The molecule has 0 aliphatic rings. The highest BCUT2D eigenvalue weighted by atomic mass is 35.5. The van der Waals surface area contributed by atoms with Crippen molar-refractivity contribution in [3.05, 3.63) is 64.2 Å². The van der Waals surface area contributed by atoms with Crippen molar-refractivity contribution in [1.29, 1.82) is 0 Å². The van der Waals surface area contributed by atoms with Crippen LogP contribution in [0.4, 0.5) is 0 Å². The van der Waals surface area contributed by atoms with Crippen LogP contribution in [0.1, 0.15) is 10.4 Å². The van der Waals surface area contributed by atoms with Crippen LogP contribution in [0.15, 0.2) is 53.9 Å². The fraction of sp³-hybridized carbons (Fsp3) is 0.0625. The van der Waals surface area contributed by atoms with Crippen LogP contribution in [0.3, 0.4) is 0 Å². The first-order chi connectivity index (χ1) is 12.6. The average molecular weight is 386 g/mol. The Kier molecular flexibility index (Phi) is 4.23. The van der Waals surface area contributed by atoms with Gasteiger partial charge in [-0.05, 0) is 40.8 Å². The van der Waals surface area contributed by atoms with E-state index in [0.29, 0.717) is 21.1 Å². The van der Waals surface area contributed by atoms with Gasteiger partial charge in [-0.1, -0.05) is 35.1 Å². The zero-order chi connectivity index (χ0) is 18.1. The van der Waals surface area contributed by atoms with Crippen LogP contribution in [0.2, 0.25) is 5.02 Å². The standard InChI is InChI=1S/C16H12ClN7OS/c1-23-13-4-2-3-5-14(13)26-16(23)20-19-15(25)11-8-10(17)6-7-12(11)24-9-18-21-22-24/h2-9H,1H3,(H,19,25)/b20-16-. The van der Waals surface area contributed by atoms with E-state index in [2.05, 4.69) is 26.1 Å². The number of hydrogen-bond acceptors (Lipinski definition) is 6. The second kappa shape index (κ2) is 6.70. The van der Waals surface area contributed by atoms with Gasteiger partial charge in [0.1, 0.15) is 6.33 Å². The van der Waals surface area contributed by atoms with Gasteiger partial charge in [0.25, 0.3) is 5.91 Å². The van der Waals surface area contributed by atoms with Gasteiger partial charge >= 0.3 is 0 Å². The van der Waals surface area contributed by atoms with E-state index in [0.717, 1.165) is 10.2 Å². The number of nitrogens with zero attached hydrogens (tertiary/aromatic N) is 6. The summed E-state index contributed by atoms with van der Waals surface area (Å²) in [7, 11) is 1.90. The monoisotopic (exact) mass is 385 g/mol. The molecule has 0 spiro atoms. The summed E-state index contributed by atoms with van der Waals surface area (Å²) in [6.45, 7) is 0. The minimum atomic E-state index is -0.407. The second-order valence-corrected chi connectivity index (χ2v) is 6.83. The number of thiazole rings is 1. The Morgan fingerprint density at radius 3 is 2.88 bits per heavy atom. The molecule has 2 heterocycles. The molecule has 8 nitrogen and oxygen atoms in total. The maximum absolute atomic E-state index is 12.7. The van der Waals surface area contributed by atoms with Gasteiger partial charge in [0.15, 0.2) is 0 Å². The second-order valence-electron chi connectivity index (χ2n) is 5.38. The Hall–Kier alpha value is -3.04. The molecule has 2 aromatic heterocycles. The van der Waals surface area contributed by atoms with Gasteiger partial charge in [-0.15, -0.1) is 10.2 Å². The van der Waals surface area contributed by atoms with Gasteiger partial charge in [-0.3, -0.25) is 4.79 Å². The minimum Gasteiger partial charge on any atom is -0.318 e. The molecular formula is C16H12ClN7OS. The maximum Gasteiger partial charge on any atom is 0.273 e. The molecule has 0 saturated carbocycles. The predicted molar refractivity (Wildman–Crippen MR) is 98.0 cm³/mol. The van der Waals surface area contributed by atoms with Crippen molar-refractivity contribution in [2.75, 3.05) is 0 Å². The molecule has 0 radical (unpaired) electrons. The number of halogens is 1. The molecule has 130 valence electrons. The lowest BCUT2D eigenvalue weighted by Gasteiger charge is -2.07. The van der Waals surface area contributed by atoms with E-state index in [4.69, 9.17) is 11.6 Å². The van der Waals surface area contributed by atoms with Gasteiger partial charge in [0.2, 0.25) is 4.80 Å². The quantitative estimate of drug-likeness (QED) is 0.547. The summed E-state index contributed by atoms with van der Waals surface area (Å²) in [6, 6.07) is 12.8. The molecule has 0 saturated heterocycles. The van der Waals surface area contributed by atoms with Crippen molar-refractivity contribution in [3.63, 3.8) is 0 Å². The Labute approximate surface area is 156 Å². The van der Waals surface area contributed by atoms with Crippen LogP contribution < -0.4 is 10.2 Å². The number of benzene rings is 2. The van der Waals surface area contributed by atoms with E-state index in [9.17, 15) is 4.79 Å². The lowest BCUT2D eigenvalue weighted by atomic mass is 10.1. The van der Waals surface area contributed by atoms with Crippen molar-refractivity contribution >= 4 is 39.1 Å². The van der Waals surface area contributed by atoms with E-state index >= 15 is 0 Å². The molecule has 4 rings (SSSR count). The van der Waals surface area contributed by atoms with Gasteiger partial charge < -0.3 is 4.57 Å². The zero-order valence-corrected chi connectivity index (χ0v) is 15.1. The normalized spacial score (nSPS) is 11.8. The van der Waals surface area contributed by atoms with E-state index < -0.39 is 5.91 Å². The summed E-state index contributed by atoms with van der Waals surface area (Å²) in [5.74, 6) is -0.407. The molecule has 0 atom stereocenters. The van der Waals surface area contributed by atoms with Crippen molar-refractivity contribution in [3.8, 4) is 5.69 Å². The Balaban J connectivity index is 1.71. The number of rotatable bonds is 3. The number of tetrazole rings is 1. The Bertz CT molecular complexity index is 1160.